The molecule has 0 bridgehead atoms. The summed E-state index contributed by atoms with van der Waals surface area (Å²) in [5.41, 5.74) is -0.335. The van der Waals surface area contributed by atoms with Crippen LogP contribution in [0, 0.1) is 23.0 Å². The van der Waals surface area contributed by atoms with Crippen molar-refractivity contribution in [3.05, 3.63) is 34.9 Å². The van der Waals surface area contributed by atoms with E-state index in [1.54, 1.807) is 0 Å². The molecule has 15 heavy (non-hydrogen) atoms. The summed E-state index contributed by atoms with van der Waals surface area (Å²) >= 11 is 0. The van der Waals surface area contributed by atoms with Gasteiger partial charge in [0.15, 0.2) is 6.29 Å². The first kappa shape index (κ1) is 10.0. The largest absolute Gasteiger partial charge is 0.346 e. The predicted molar refractivity (Wildman–Crippen MR) is 45.7 cm³/mol. The second-order valence-electron chi connectivity index (χ2n) is 3.04. The zero-order valence-corrected chi connectivity index (χ0v) is 7.67. The maximum Gasteiger partial charge on any atom is 0.184 e. The van der Waals surface area contributed by atoms with Gasteiger partial charge in [-0.1, -0.05) is 0 Å². The van der Waals surface area contributed by atoms with E-state index in [2.05, 4.69) is 0 Å². The summed E-state index contributed by atoms with van der Waals surface area (Å²) < 4.78 is 36.6. The van der Waals surface area contributed by atoms with Crippen LogP contribution in [0.2, 0.25) is 0 Å². The molecule has 0 amide bonds. The number of hydrogen-bond acceptors (Lipinski definition) is 3. The smallest absolute Gasteiger partial charge is 0.184 e. The number of nitrogens with zero attached hydrogens (tertiary/aromatic N) is 1. The topological polar surface area (TPSA) is 42.2 Å². The fourth-order valence-corrected chi connectivity index (χ4v) is 1.39. The third kappa shape index (κ3) is 1.82. The van der Waals surface area contributed by atoms with Gasteiger partial charge in [0.1, 0.15) is 23.3 Å². The zero-order chi connectivity index (χ0) is 10.8. The number of benzene rings is 1. The molecule has 0 spiro atoms. The summed E-state index contributed by atoms with van der Waals surface area (Å²) in [7, 11) is 0. The standard InChI is InChI=1S/C10H7F2NO2/c11-8-3-6(10-14-1-2-15-10)4-9(12)7(8)5-13/h3-4,10H,1-2H2. The lowest BCUT2D eigenvalue weighted by molar-refractivity contribution is -0.0445. The van der Waals surface area contributed by atoms with Crippen LogP contribution in [-0.4, -0.2) is 13.2 Å². The van der Waals surface area contributed by atoms with E-state index >= 15 is 0 Å². The molecule has 0 aromatic heterocycles. The molecule has 1 aromatic rings. The lowest BCUT2D eigenvalue weighted by atomic mass is 10.1. The second kappa shape index (κ2) is 3.93. The minimum Gasteiger partial charge on any atom is -0.346 e. The Bertz CT molecular complexity index is 399. The van der Waals surface area contributed by atoms with E-state index in [1.165, 1.54) is 6.07 Å². The number of rotatable bonds is 1. The maximum absolute atomic E-state index is 13.2. The molecule has 5 heteroatoms. The van der Waals surface area contributed by atoms with Gasteiger partial charge in [-0.05, 0) is 12.1 Å². The summed E-state index contributed by atoms with van der Waals surface area (Å²) in [6.07, 6.45) is -0.734. The molecule has 0 atom stereocenters. The molecule has 3 nitrogen and oxygen atoms in total. The van der Waals surface area contributed by atoms with Crippen LogP contribution in [0.25, 0.3) is 0 Å². The Hall–Kier alpha value is -1.51. The average molecular weight is 211 g/mol. The van der Waals surface area contributed by atoms with E-state index in [0.717, 1.165) is 12.1 Å². The number of halogens is 2. The molecule has 1 aliphatic rings. The highest BCUT2D eigenvalue weighted by molar-refractivity contribution is 5.35. The minimum atomic E-state index is -0.897. The van der Waals surface area contributed by atoms with Crippen LogP contribution in [0.1, 0.15) is 17.4 Å². The van der Waals surface area contributed by atoms with Crippen molar-refractivity contribution in [1.29, 1.82) is 5.26 Å². The van der Waals surface area contributed by atoms with E-state index in [-0.39, 0.29) is 5.56 Å². The van der Waals surface area contributed by atoms with Crippen LogP contribution in [0.3, 0.4) is 0 Å². The summed E-state index contributed by atoms with van der Waals surface area (Å²) in [6, 6.07) is 3.56. The summed E-state index contributed by atoms with van der Waals surface area (Å²) in [5, 5.41) is 8.46. The fraction of sp³-hybridized carbons (Fsp3) is 0.300. The Morgan fingerprint density at radius 3 is 2.20 bits per heavy atom. The molecule has 1 fully saturated rings. The van der Waals surface area contributed by atoms with Gasteiger partial charge in [-0.2, -0.15) is 5.26 Å². The highest BCUT2D eigenvalue weighted by atomic mass is 19.1. The van der Waals surface area contributed by atoms with Gasteiger partial charge in [0.25, 0.3) is 0 Å². The van der Waals surface area contributed by atoms with E-state index in [4.69, 9.17) is 14.7 Å². The van der Waals surface area contributed by atoms with Gasteiger partial charge in [0.2, 0.25) is 0 Å². The Labute approximate surface area is 84.8 Å². The lowest BCUT2D eigenvalue weighted by Crippen LogP contribution is -2.01. The Morgan fingerprint density at radius 1 is 1.20 bits per heavy atom. The molecular formula is C10H7F2NO2. The van der Waals surface area contributed by atoms with Crippen molar-refractivity contribution in [3.63, 3.8) is 0 Å². The summed E-state index contributed by atoms with van der Waals surface area (Å²) in [6.45, 7) is 0.793. The molecule has 0 aliphatic carbocycles. The van der Waals surface area contributed by atoms with E-state index < -0.39 is 23.5 Å². The first-order valence-electron chi connectivity index (χ1n) is 4.34. The molecular weight excluding hydrogens is 204 g/mol. The molecule has 1 saturated heterocycles. The Balaban J connectivity index is 2.39. The van der Waals surface area contributed by atoms with Crippen molar-refractivity contribution in [2.75, 3.05) is 13.2 Å². The summed E-state index contributed by atoms with van der Waals surface area (Å²) in [5.74, 6) is -1.79. The molecule has 0 saturated carbocycles. The predicted octanol–water partition coefficient (Wildman–Crippen LogP) is 1.88. The van der Waals surface area contributed by atoms with Crippen LogP contribution in [0.5, 0.6) is 0 Å². The van der Waals surface area contributed by atoms with Gasteiger partial charge in [0.05, 0.1) is 13.2 Å². The van der Waals surface area contributed by atoms with Crippen molar-refractivity contribution in [1.82, 2.24) is 0 Å². The van der Waals surface area contributed by atoms with Gasteiger partial charge in [0, 0.05) is 5.56 Å². The van der Waals surface area contributed by atoms with Crippen molar-refractivity contribution in [2.45, 2.75) is 6.29 Å². The van der Waals surface area contributed by atoms with E-state index in [9.17, 15) is 8.78 Å². The third-order valence-corrected chi connectivity index (χ3v) is 2.07. The minimum absolute atomic E-state index is 0.251. The van der Waals surface area contributed by atoms with Crippen molar-refractivity contribution >= 4 is 0 Å². The first-order valence-corrected chi connectivity index (χ1v) is 4.34. The molecule has 0 N–H and O–H groups in total. The highest BCUT2D eigenvalue weighted by Crippen LogP contribution is 2.26. The van der Waals surface area contributed by atoms with Crippen LogP contribution >= 0.6 is 0 Å². The maximum atomic E-state index is 13.2. The summed E-state index contributed by atoms with van der Waals surface area (Å²) in [4.78, 5) is 0. The molecule has 0 unspecified atom stereocenters. The Kier molecular flexibility index (Phi) is 2.62. The SMILES string of the molecule is N#Cc1c(F)cc(C2OCCO2)cc1F. The molecule has 1 aliphatic heterocycles. The first-order chi connectivity index (χ1) is 7.22. The monoisotopic (exact) mass is 211 g/mol. The van der Waals surface area contributed by atoms with Gasteiger partial charge < -0.3 is 9.47 Å². The highest BCUT2D eigenvalue weighted by Gasteiger charge is 2.21. The third-order valence-electron chi connectivity index (χ3n) is 2.07. The van der Waals surface area contributed by atoms with Gasteiger partial charge in [-0.15, -0.1) is 0 Å². The van der Waals surface area contributed by atoms with Gasteiger partial charge in [-0.25, -0.2) is 8.78 Å². The van der Waals surface area contributed by atoms with Crippen molar-refractivity contribution < 1.29 is 18.3 Å². The molecule has 78 valence electrons. The van der Waals surface area contributed by atoms with Crippen LogP contribution in [0.4, 0.5) is 8.78 Å². The second-order valence-corrected chi connectivity index (χ2v) is 3.04. The molecule has 2 rings (SSSR count). The van der Waals surface area contributed by atoms with Crippen LogP contribution < -0.4 is 0 Å². The van der Waals surface area contributed by atoms with Gasteiger partial charge in [-0.3, -0.25) is 0 Å². The number of ether oxygens (including phenoxy) is 2. The average Bonchev–Trinajstić information content (AvgIpc) is 2.69. The number of nitriles is 1. The van der Waals surface area contributed by atoms with E-state index in [1.807, 2.05) is 0 Å². The van der Waals surface area contributed by atoms with E-state index in [0.29, 0.717) is 13.2 Å². The molecule has 1 aromatic carbocycles. The van der Waals surface area contributed by atoms with Crippen molar-refractivity contribution in [2.24, 2.45) is 0 Å². The quantitative estimate of drug-likeness (QED) is 0.712. The van der Waals surface area contributed by atoms with Crippen LogP contribution in [-0.2, 0) is 9.47 Å². The van der Waals surface area contributed by atoms with Crippen LogP contribution in [0.15, 0.2) is 12.1 Å². The molecule has 1 heterocycles. The fourth-order valence-electron chi connectivity index (χ4n) is 1.39. The van der Waals surface area contributed by atoms with Crippen molar-refractivity contribution in [3.8, 4) is 6.07 Å². The normalized spacial score (nSPS) is 16.6. The molecule has 0 radical (unpaired) electrons. The Morgan fingerprint density at radius 2 is 1.73 bits per heavy atom. The number of hydrogen-bond donors (Lipinski definition) is 0. The van der Waals surface area contributed by atoms with Gasteiger partial charge >= 0.3 is 0 Å². The zero-order valence-electron chi connectivity index (χ0n) is 7.67. The lowest BCUT2D eigenvalue weighted by Gasteiger charge is -2.09.